The fourth-order valence-electron chi connectivity index (χ4n) is 2.88. The van der Waals surface area contributed by atoms with Gasteiger partial charge in [0.2, 0.25) is 0 Å². The van der Waals surface area contributed by atoms with Crippen LogP contribution in [0.2, 0.25) is 0 Å². The van der Waals surface area contributed by atoms with Gasteiger partial charge in [0, 0.05) is 5.69 Å². The van der Waals surface area contributed by atoms with Gasteiger partial charge >= 0.3 is 0 Å². The maximum Gasteiger partial charge on any atom is 0.269 e. The van der Waals surface area contributed by atoms with Crippen LogP contribution in [0.15, 0.2) is 53.3 Å². The first-order valence-corrected chi connectivity index (χ1v) is 9.51. The normalized spacial score (nSPS) is 11.0. The molecule has 0 saturated heterocycles. The topological polar surface area (TPSA) is 75.6 Å². The van der Waals surface area contributed by atoms with E-state index < -0.39 is 0 Å². The molecular formula is C19H15N3O3S2. The first kappa shape index (κ1) is 17.4. The summed E-state index contributed by atoms with van der Waals surface area (Å²) in [6.45, 7) is 2.49. The third-order valence-corrected chi connectivity index (χ3v) is 5.43. The van der Waals surface area contributed by atoms with Crippen molar-refractivity contribution < 1.29 is 9.53 Å². The number of hydrogen-bond donors (Lipinski definition) is 2. The number of thiazole rings is 1. The van der Waals surface area contributed by atoms with Gasteiger partial charge in [0.1, 0.15) is 16.3 Å². The summed E-state index contributed by atoms with van der Waals surface area (Å²) >= 11 is 6.60. The summed E-state index contributed by atoms with van der Waals surface area (Å²) in [4.78, 5) is 28.3. The summed E-state index contributed by atoms with van der Waals surface area (Å²) in [6, 6.07) is 14.3. The van der Waals surface area contributed by atoms with Crippen molar-refractivity contribution in [2.75, 3.05) is 11.9 Å². The number of aromatic nitrogens is 2. The molecule has 27 heavy (non-hydrogen) atoms. The number of aromatic amines is 1. The first-order valence-electron chi connectivity index (χ1n) is 8.29. The number of rotatable bonds is 4. The average molecular weight is 397 g/mol. The third kappa shape index (κ3) is 3.13. The molecule has 0 bridgehead atoms. The van der Waals surface area contributed by atoms with E-state index in [2.05, 4.69) is 10.3 Å². The Kier molecular flexibility index (Phi) is 4.51. The van der Waals surface area contributed by atoms with Crippen molar-refractivity contribution in [3.8, 4) is 5.75 Å². The Bertz CT molecular complexity index is 1270. The molecule has 0 aliphatic heterocycles. The predicted octanol–water partition coefficient (Wildman–Crippen LogP) is 4.22. The van der Waals surface area contributed by atoms with Crippen LogP contribution in [0.4, 0.5) is 5.69 Å². The number of para-hydroxylation sites is 1. The molecule has 2 heterocycles. The zero-order chi connectivity index (χ0) is 19.0. The summed E-state index contributed by atoms with van der Waals surface area (Å²) in [5.41, 5.74) is 1.45. The Hall–Kier alpha value is -2.97. The van der Waals surface area contributed by atoms with Gasteiger partial charge in [-0.2, -0.15) is 0 Å². The number of H-pyrrole nitrogens is 1. The Labute approximate surface area is 163 Å². The number of ether oxygens (including phenoxy) is 1. The van der Waals surface area contributed by atoms with E-state index in [1.54, 1.807) is 40.8 Å². The molecule has 2 aromatic carbocycles. The molecule has 4 aromatic rings. The van der Waals surface area contributed by atoms with Gasteiger partial charge in [0.25, 0.3) is 11.5 Å². The van der Waals surface area contributed by atoms with E-state index in [1.165, 1.54) is 0 Å². The number of fused-ring (bicyclic) bond motifs is 3. The molecule has 0 aliphatic rings. The van der Waals surface area contributed by atoms with Crippen LogP contribution in [0.3, 0.4) is 0 Å². The highest BCUT2D eigenvalue weighted by molar-refractivity contribution is 7.73. The van der Waals surface area contributed by atoms with Crippen molar-refractivity contribution in [3.63, 3.8) is 0 Å². The highest BCUT2D eigenvalue weighted by Gasteiger charge is 2.18. The van der Waals surface area contributed by atoms with Gasteiger partial charge in [0.15, 0.2) is 3.95 Å². The van der Waals surface area contributed by atoms with Gasteiger partial charge in [-0.1, -0.05) is 23.5 Å². The molecule has 1 amide bonds. The van der Waals surface area contributed by atoms with E-state index in [1.807, 2.05) is 19.1 Å². The first-order chi connectivity index (χ1) is 13.1. The summed E-state index contributed by atoms with van der Waals surface area (Å²) in [7, 11) is 0. The van der Waals surface area contributed by atoms with Gasteiger partial charge in [-0.05, 0) is 55.5 Å². The highest BCUT2D eigenvalue weighted by Crippen LogP contribution is 2.24. The summed E-state index contributed by atoms with van der Waals surface area (Å²) in [5, 5.41) is 3.36. The lowest BCUT2D eigenvalue weighted by Crippen LogP contribution is -2.14. The molecule has 0 spiro atoms. The molecular weight excluding hydrogens is 382 g/mol. The lowest BCUT2D eigenvalue weighted by molar-refractivity contribution is 0.103. The molecule has 0 atom stereocenters. The van der Waals surface area contributed by atoms with Crippen molar-refractivity contribution in [3.05, 3.63) is 67.7 Å². The quantitative estimate of drug-likeness (QED) is 0.506. The van der Waals surface area contributed by atoms with Crippen molar-refractivity contribution in [1.29, 1.82) is 0 Å². The average Bonchev–Trinajstić information content (AvgIpc) is 3.00. The van der Waals surface area contributed by atoms with Crippen molar-refractivity contribution in [1.82, 2.24) is 9.38 Å². The minimum absolute atomic E-state index is 0.256. The van der Waals surface area contributed by atoms with Crippen LogP contribution >= 0.6 is 23.6 Å². The van der Waals surface area contributed by atoms with Crippen LogP contribution in [0, 0.1) is 3.95 Å². The maximum atomic E-state index is 12.8. The number of benzene rings is 2. The lowest BCUT2D eigenvalue weighted by atomic mass is 10.2. The van der Waals surface area contributed by atoms with E-state index in [0.717, 1.165) is 17.1 Å². The van der Waals surface area contributed by atoms with Gasteiger partial charge in [0.05, 0.1) is 17.5 Å². The third-order valence-electron chi connectivity index (χ3n) is 4.06. The van der Waals surface area contributed by atoms with E-state index in [-0.39, 0.29) is 11.5 Å². The van der Waals surface area contributed by atoms with Gasteiger partial charge in [-0.3, -0.25) is 14.0 Å². The van der Waals surface area contributed by atoms with Crippen LogP contribution < -0.4 is 15.6 Å². The summed E-state index contributed by atoms with van der Waals surface area (Å²) in [5.74, 6) is 0.403. The van der Waals surface area contributed by atoms with Crippen LogP contribution in [-0.4, -0.2) is 21.9 Å². The predicted molar refractivity (Wildman–Crippen MR) is 110 cm³/mol. The second kappa shape index (κ2) is 6.98. The largest absolute Gasteiger partial charge is 0.494 e. The molecule has 6 nitrogen and oxygen atoms in total. The second-order valence-corrected chi connectivity index (χ2v) is 7.41. The minimum atomic E-state index is -0.330. The van der Waals surface area contributed by atoms with Gasteiger partial charge in [-0.15, -0.1) is 0 Å². The zero-order valence-corrected chi connectivity index (χ0v) is 15.9. The standard InChI is InChI=1S/C19H15N3O3S2/c1-2-25-12-9-7-11(8-10-12)20-18(24)15-16-21-17(23)13-5-3-4-6-14(13)22(16)19(26)27-15/h3-10H,2H2,1H3,(H,20,24)(H,21,23). The van der Waals surface area contributed by atoms with Gasteiger partial charge in [-0.25, -0.2) is 0 Å². The molecule has 0 aliphatic carbocycles. The fraction of sp³-hybridized carbons (Fsp3) is 0.105. The van der Waals surface area contributed by atoms with Crippen LogP contribution in [-0.2, 0) is 0 Å². The molecule has 8 heteroatoms. The molecule has 0 saturated carbocycles. The number of anilines is 1. The fourth-order valence-corrected chi connectivity index (χ4v) is 4.16. The molecule has 4 rings (SSSR count). The SMILES string of the molecule is CCOc1ccc(NC(=O)c2sc(=S)n3c2[nH]c(=O)c2ccccc23)cc1. The van der Waals surface area contributed by atoms with Crippen LogP contribution in [0.1, 0.15) is 16.6 Å². The summed E-state index contributed by atoms with van der Waals surface area (Å²) in [6.07, 6.45) is 0. The molecule has 0 unspecified atom stereocenters. The number of nitrogens with zero attached hydrogens (tertiary/aromatic N) is 1. The van der Waals surface area contributed by atoms with Gasteiger partial charge < -0.3 is 15.0 Å². The molecule has 0 radical (unpaired) electrons. The Morgan fingerprint density at radius 3 is 2.70 bits per heavy atom. The van der Waals surface area contributed by atoms with Crippen molar-refractivity contribution in [2.24, 2.45) is 0 Å². The highest BCUT2D eigenvalue weighted by atomic mass is 32.1. The summed E-state index contributed by atoms with van der Waals surface area (Å²) < 4.78 is 7.62. The van der Waals surface area contributed by atoms with E-state index >= 15 is 0 Å². The number of hydrogen-bond acceptors (Lipinski definition) is 5. The van der Waals surface area contributed by atoms with E-state index in [4.69, 9.17) is 17.0 Å². The Morgan fingerprint density at radius 1 is 1.22 bits per heavy atom. The maximum absolute atomic E-state index is 12.8. The monoisotopic (exact) mass is 397 g/mol. The Morgan fingerprint density at radius 2 is 1.96 bits per heavy atom. The molecule has 2 N–H and O–H groups in total. The Balaban J connectivity index is 1.76. The molecule has 2 aromatic heterocycles. The van der Waals surface area contributed by atoms with Crippen LogP contribution in [0.25, 0.3) is 16.6 Å². The molecule has 0 fully saturated rings. The lowest BCUT2D eigenvalue weighted by Gasteiger charge is -2.07. The minimum Gasteiger partial charge on any atom is -0.494 e. The zero-order valence-electron chi connectivity index (χ0n) is 14.3. The number of amides is 1. The number of nitrogens with one attached hydrogen (secondary N) is 2. The van der Waals surface area contributed by atoms with E-state index in [9.17, 15) is 9.59 Å². The van der Waals surface area contributed by atoms with E-state index in [0.29, 0.717) is 37.7 Å². The molecule has 136 valence electrons. The smallest absolute Gasteiger partial charge is 0.269 e. The van der Waals surface area contributed by atoms with Crippen molar-refractivity contribution >= 4 is 51.7 Å². The van der Waals surface area contributed by atoms with Crippen LogP contribution in [0.5, 0.6) is 5.75 Å². The van der Waals surface area contributed by atoms with Crippen molar-refractivity contribution in [2.45, 2.75) is 6.92 Å². The second-order valence-electron chi connectivity index (χ2n) is 5.76. The number of carbonyl (C=O) groups is 1. The number of carbonyl (C=O) groups excluding carboxylic acids is 1.